The number of carboxylic acids is 1. The first kappa shape index (κ1) is 22.6. The zero-order valence-electron chi connectivity index (χ0n) is 17.3. The second kappa shape index (κ2) is 7.19. The molecule has 1 aliphatic rings. The highest BCUT2D eigenvalue weighted by atomic mass is 32.2. The summed E-state index contributed by atoms with van der Waals surface area (Å²) in [4.78, 5) is 12.6. The van der Waals surface area contributed by atoms with Gasteiger partial charge in [0.05, 0.1) is 4.88 Å². The molecule has 0 saturated heterocycles. The Bertz CT molecular complexity index is 1280. The molecule has 3 atom stereocenters. The summed E-state index contributed by atoms with van der Waals surface area (Å²) in [6, 6.07) is 12.6. The van der Waals surface area contributed by atoms with Crippen LogP contribution in [0.2, 0.25) is 0 Å². The maximum atomic E-state index is 13.4. The number of benzene rings is 1. The van der Waals surface area contributed by atoms with E-state index in [0.29, 0.717) is 17.4 Å². The van der Waals surface area contributed by atoms with E-state index in [0.717, 1.165) is 17.4 Å². The molecular weight excluding hydrogens is 462 g/mol. The van der Waals surface area contributed by atoms with E-state index in [1.54, 1.807) is 44.2 Å². The predicted octanol–water partition coefficient (Wildman–Crippen LogP) is 4.22. The third-order valence-electron chi connectivity index (χ3n) is 6.30. The Morgan fingerprint density at radius 3 is 2.47 bits per heavy atom. The molecular formula is C21H20F2N2O5S2. The lowest BCUT2D eigenvalue weighted by atomic mass is 9.92. The maximum Gasteiger partial charge on any atom is 0.326 e. The van der Waals surface area contributed by atoms with Gasteiger partial charge in [-0.25, -0.2) is 8.42 Å². The summed E-state index contributed by atoms with van der Waals surface area (Å²) >= 11 is 0.783. The van der Waals surface area contributed by atoms with E-state index in [2.05, 4.69) is 14.4 Å². The molecule has 1 aromatic carbocycles. The Hall–Kier alpha value is -2.63. The molecule has 32 heavy (non-hydrogen) atoms. The quantitative estimate of drug-likeness (QED) is 0.522. The topological polar surface area (TPSA) is 110 Å². The van der Waals surface area contributed by atoms with Crippen LogP contribution in [-0.4, -0.2) is 30.2 Å². The third kappa shape index (κ3) is 3.26. The van der Waals surface area contributed by atoms with E-state index >= 15 is 0 Å². The fraction of sp³-hybridized carbons (Fsp3) is 0.333. The number of alkyl halides is 2. The average Bonchev–Trinajstić information content (AvgIpc) is 3.24. The van der Waals surface area contributed by atoms with E-state index in [1.165, 1.54) is 12.1 Å². The minimum Gasteiger partial charge on any atom is -0.480 e. The molecule has 2 N–H and O–H groups in total. The summed E-state index contributed by atoms with van der Waals surface area (Å²) in [6.45, 7) is 4.06. The fourth-order valence-corrected chi connectivity index (χ4v) is 6.98. The van der Waals surface area contributed by atoms with E-state index in [4.69, 9.17) is 0 Å². The molecule has 0 amide bonds. The Morgan fingerprint density at radius 1 is 1.25 bits per heavy atom. The van der Waals surface area contributed by atoms with E-state index in [-0.39, 0.29) is 9.90 Å². The number of aliphatic carboxylic acids is 1. The molecule has 0 aliphatic heterocycles. The third-order valence-corrected chi connectivity index (χ3v) is 9.37. The first-order valence-electron chi connectivity index (χ1n) is 9.62. The van der Waals surface area contributed by atoms with E-state index in [1.807, 2.05) is 0 Å². The predicted molar refractivity (Wildman–Crippen MR) is 113 cm³/mol. The summed E-state index contributed by atoms with van der Waals surface area (Å²) in [5.41, 5.74) is -1.92. The fourth-order valence-electron chi connectivity index (χ4n) is 4.21. The number of hydrogen-bond acceptors (Lipinski definition) is 6. The highest BCUT2D eigenvalue weighted by Crippen LogP contribution is 2.63. The van der Waals surface area contributed by atoms with Gasteiger partial charge in [0.2, 0.25) is 5.76 Å². The van der Waals surface area contributed by atoms with E-state index < -0.39 is 44.5 Å². The number of carbonyl (C=O) groups is 1. The lowest BCUT2D eigenvalue weighted by molar-refractivity contribution is -0.141. The normalized spacial score (nSPS) is 25.6. The second-order valence-corrected chi connectivity index (χ2v) is 11.1. The van der Waals surface area contributed by atoms with E-state index in [9.17, 15) is 27.1 Å². The number of rotatable bonds is 7. The molecule has 2 heterocycles. The van der Waals surface area contributed by atoms with Crippen LogP contribution in [0.4, 0.5) is 8.78 Å². The van der Waals surface area contributed by atoms with Crippen molar-refractivity contribution >= 4 is 27.3 Å². The van der Waals surface area contributed by atoms with Gasteiger partial charge in [-0.2, -0.15) is 13.5 Å². The Labute approximate surface area is 187 Å². The zero-order valence-corrected chi connectivity index (χ0v) is 18.9. The molecule has 1 aliphatic carbocycles. The molecule has 3 aromatic rings. The average molecular weight is 483 g/mol. The summed E-state index contributed by atoms with van der Waals surface area (Å²) in [5.74, 6) is -5.66. The van der Waals surface area contributed by atoms with Gasteiger partial charge in [-0.3, -0.25) is 4.79 Å². The summed E-state index contributed by atoms with van der Waals surface area (Å²) in [6.07, 6.45) is 0. The summed E-state index contributed by atoms with van der Waals surface area (Å²) in [5, 5.41) is 13.6. The number of aromatic nitrogens is 1. The smallest absolute Gasteiger partial charge is 0.326 e. The second-order valence-electron chi connectivity index (χ2n) is 8.09. The maximum absolute atomic E-state index is 13.4. The number of hydrogen-bond donors (Lipinski definition) is 2. The van der Waals surface area contributed by atoms with Crippen molar-refractivity contribution in [2.45, 2.75) is 41.9 Å². The van der Waals surface area contributed by atoms with Gasteiger partial charge in [0.15, 0.2) is 0 Å². The molecule has 1 saturated carbocycles. The van der Waals surface area contributed by atoms with Gasteiger partial charge in [-0.05, 0) is 23.6 Å². The van der Waals surface area contributed by atoms with Crippen molar-refractivity contribution in [2.24, 2.45) is 5.92 Å². The number of nitrogens with one attached hydrogen (secondary N) is 1. The number of thiophene rings is 1. The van der Waals surface area contributed by atoms with Crippen molar-refractivity contribution in [3.05, 3.63) is 59.9 Å². The van der Waals surface area contributed by atoms with Gasteiger partial charge in [0.1, 0.15) is 15.4 Å². The Kier molecular flexibility index (Phi) is 5.07. The largest absolute Gasteiger partial charge is 0.480 e. The molecule has 1 fully saturated rings. The number of sulfonamides is 1. The highest BCUT2D eigenvalue weighted by molar-refractivity contribution is 7.91. The van der Waals surface area contributed by atoms with Crippen LogP contribution in [0.5, 0.6) is 0 Å². The van der Waals surface area contributed by atoms with Crippen molar-refractivity contribution < 1.29 is 31.6 Å². The standard InChI is InChI=1S/C21H20F2N2O5S2/c1-12-19(2,13-7-5-4-6-8-13)21(12,18(26)27)25-32(28,29)17-10-9-15(31-17)14-11-16(30-24-14)20(3,22)23/h4-12,25H,1-3H3,(H,26,27)/t12-,19-,21-/m1/s1. The molecule has 2 aromatic heterocycles. The van der Waals surface area contributed by atoms with Crippen LogP contribution in [0.15, 0.2) is 57.3 Å². The van der Waals surface area contributed by atoms with Crippen LogP contribution in [0.25, 0.3) is 10.6 Å². The first-order valence-corrected chi connectivity index (χ1v) is 11.9. The van der Waals surface area contributed by atoms with Crippen molar-refractivity contribution in [2.75, 3.05) is 0 Å². The van der Waals surface area contributed by atoms with Crippen LogP contribution in [0, 0.1) is 5.92 Å². The van der Waals surface area contributed by atoms with Crippen LogP contribution < -0.4 is 4.72 Å². The molecule has 11 heteroatoms. The van der Waals surface area contributed by atoms with Gasteiger partial charge in [-0.15, -0.1) is 11.3 Å². The summed E-state index contributed by atoms with van der Waals surface area (Å²) in [7, 11) is -4.24. The van der Waals surface area contributed by atoms with Gasteiger partial charge in [-0.1, -0.05) is 49.3 Å². The Morgan fingerprint density at radius 2 is 1.91 bits per heavy atom. The van der Waals surface area contributed by atoms with Crippen molar-refractivity contribution in [1.29, 1.82) is 0 Å². The van der Waals surface area contributed by atoms with Crippen molar-refractivity contribution in [1.82, 2.24) is 9.88 Å². The lowest BCUT2D eigenvalue weighted by Crippen LogP contribution is -2.48. The SMILES string of the molecule is C[C@@H]1[C@](C)(c2ccccc2)[C@]1(NS(=O)(=O)c1ccc(-c2cc(C(C)(F)F)on2)s1)C(=O)O. The van der Waals surface area contributed by atoms with Gasteiger partial charge >= 0.3 is 11.9 Å². The first-order chi connectivity index (χ1) is 14.8. The molecule has 0 radical (unpaired) electrons. The molecule has 0 spiro atoms. The van der Waals surface area contributed by atoms with Crippen molar-refractivity contribution in [3.8, 4) is 10.6 Å². The molecule has 170 valence electrons. The number of nitrogens with zero attached hydrogens (tertiary/aromatic N) is 1. The van der Waals surface area contributed by atoms with Gasteiger partial charge < -0.3 is 9.63 Å². The highest BCUT2D eigenvalue weighted by Gasteiger charge is 2.78. The summed E-state index contributed by atoms with van der Waals surface area (Å²) < 4.78 is 60.0. The van der Waals surface area contributed by atoms with Crippen LogP contribution in [-0.2, 0) is 26.2 Å². The number of carboxylic acid groups (broad SMARTS) is 1. The van der Waals surface area contributed by atoms with Crippen LogP contribution >= 0.6 is 11.3 Å². The molecule has 0 bridgehead atoms. The Balaban J connectivity index is 1.66. The van der Waals surface area contributed by atoms with Gasteiger partial charge in [0, 0.05) is 18.4 Å². The minimum absolute atomic E-state index is 0.0647. The molecule has 4 rings (SSSR count). The van der Waals surface area contributed by atoms with Crippen molar-refractivity contribution in [3.63, 3.8) is 0 Å². The van der Waals surface area contributed by atoms with Crippen LogP contribution in [0.1, 0.15) is 32.1 Å². The van der Waals surface area contributed by atoms with Crippen LogP contribution in [0.3, 0.4) is 0 Å². The van der Waals surface area contributed by atoms with Gasteiger partial charge in [0.25, 0.3) is 10.0 Å². The molecule has 7 nitrogen and oxygen atoms in total. The number of halogens is 2. The monoisotopic (exact) mass is 482 g/mol. The minimum atomic E-state index is -4.24. The lowest BCUT2D eigenvalue weighted by Gasteiger charge is -2.20. The molecule has 0 unspecified atom stereocenters. The zero-order chi connectivity index (χ0) is 23.5.